The lowest BCUT2D eigenvalue weighted by molar-refractivity contribution is -0.105. The van der Waals surface area contributed by atoms with E-state index < -0.39 is 0 Å². The molecule has 66 valence electrons. The number of fused-ring (bicyclic) bond motifs is 1. The smallest absolute Gasteiger partial charge is 0.145 e. The lowest BCUT2D eigenvalue weighted by Gasteiger charge is -2.28. The van der Waals surface area contributed by atoms with Crippen LogP contribution in [0.5, 0.6) is 0 Å². The Morgan fingerprint density at radius 3 is 3.08 bits per heavy atom. The van der Waals surface area contributed by atoms with E-state index in [1.165, 1.54) is 0 Å². The van der Waals surface area contributed by atoms with Crippen molar-refractivity contribution in [3.8, 4) is 0 Å². The first-order chi connectivity index (χ1) is 5.83. The summed E-state index contributed by atoms with van der Waals surface area (Å²) in [6.45, 7) is 0. The van der Waals surface area contributed by atoms with Crippen LogP contribution in [0.4, 0.5) is 0 Å². The number of allylic oxidation sites excluding steroid dienone is 1. The van der Waals surface area contributed by atoms with Crippen molar-refractivity contribution < 1.29 is 9.90 Å². The summed E-state index contributed by atoms with van der Waals surface area (Å²) in [5.74, 6) is 0.737. The van der Waals surface area contributed by atoms with Gasteiger partial charge in [-0.25, -0.2) is 0 Å². The van der Waals surface area contributed by atoms with E-state index in [0.717, 1.165) is 31.1 Å². The zero-order valence-electron chi connectivity index (χ0n) is 7.07. The summed E-state index contributed by atoms with van der Waals surface area (Å²) in [5, 5.41) is 9.63. The Morgan fingerprint density at radius 1 is 1.50 bits per heavy atom. The molecule has 1 saturated carbocycles. The molecular formula is C10H14O2. The predicted octanol–water partition coefficient (Wildman–Crippen LogP) is 1.29. The molecule has 2 nitrogen and oxygen atoms in total. The number of aldehydes is 1. The minimum atomic E-state index is -0.193. The van der Waals surface area contributed by atoms with Crippen molar-refractivity contribution in [2.45, 2.75) is 31.8 Å². The van der Waals surface area contributed by atoms with Crippen molar-refractivity contribution in [1.82, 2.24) is 0 Å². The van der Waals surface area contributed by atoms with Crippen LogP contribution < -0.4 is 0 Å². The summed E-state index contributed by atoms with van der Waals surface area (Å²) >= 11 is 0. The number of carbonyl (C=O) groups excluding carboxylic acids is 1. The van der Waals surface area contributed by atoms with Crippen LogP contribution in [0, 0.1) is 11.8 Å². The third-order valence-electron chi connectivity index (χ3n) is 3.22. The molecular weight excluding hydrogens is 152 g/mol. The topological polar surface area (TPSA) is 37.3 Å². The first-order valence-electron chi connectivity index (χ1n) is 4.66. The summed E-state index contributed by atoms with van der Waals surface area (Å²) < 4.78 is 0. The molecule has 2 rings (SSSR count). The molecule has 0 bridgehead atoms. The van der Waals surface area contributed by atoms with Gasteiger partial charge in [-0.1, -0.05) is 12.5 Å². The highest BCUT2D eigenvalue weighted by Crippen LogP contribution is 2.42. The quantitative estimate of drug-likeness (QED) is 0.596. The van der Waals surface area contributed by atoms with Gasteiger partial charge in [-0.05, 0) is 36.7 Å². The molecule has 0 aromatic heterocycles. The number of hydrogen-bond acceptors (Lipinski definition) is 2. The predicted molar refractivity (Wildman–Crippen MR) is 45.6 cm³/mol. The summed E-state index contributed by atoms with van der Waals surface area (Å²) in [5.41, 5.74) is 0.933. The van der Waals surface area contributed by atoms with Gasteiger partial charge in [-0.2, -0.15) is 0 Å². The first-order valence-corrected chi connectivity index (χ1v) is 4.66. The molecule has 0 amide bonds. The van der Waals surface area contributed by atoms with Crippen LogP contribution >= 0.6 is 0 Å². The lowest BCUT2D eigenvalue weighted by Crippen LogP contribution is -2.28. The summed E-state index contributed by atoms with van der Waals surface area (Å²) in [6, 6.07) is 0. The van der Waals surface area contributed by atoms with Gasteiger partial charge >= 0.3 is 0 Å². The van der Waals surface area contributed by atoms with Gasteiger partial charge in [-0.3, -0.25) is 4.79 Å². The summed E-state index contributed by atoms with van der Waals surface area (Å²) in [6.07, 6.45) is 6.70. The van der Waals surface area contributed by atoms with Crippen molar-refractivity contribution in [1.29, 1.82) is 0 Å². The van der Waals surface area contributed by atoms with Gasteiger partial charge < -0.3 is 5.11 Å². The Hall–Kier alpha value is -0.630. The molecule has 0 aliphatic heterocycles. The van der Waals surface area contributed by atoms with E-state index in [0.29, 0.717) is 18.3 Å². The maximum Gasteiger partial charge on any atom is 0.145 e. The average Bonchev–Trinajstić information content (AvgIpc) is 2.54. The van der Waals surface area contributed by atoms with Crippen LogP contribution in [0.2, 0.25) is 0 Å². The van der Waals surface area contributed by atoms with Gasteiger partial charge in [0.2, 0.25) is 0 Å². The molecule has 0 radical (unpaired) electrons. The highest BCUT2D eigenvalue weighted by atomic mass is 16.3. The van der Waals surface area contributed by atoms with E-state index in [-0.39, 0.29) is 6.10 Å². The van der Waals surface area contributed by atoms with Crippen molar-refractivity contribution in [2.75, 3.05) is 0 Å². The fraction of sp³-hybridized carbons (Fsp3) is 0.700. The van der Waals surface area contributed by atoms with E-state index in [9.17, 15) is 9.90 Å². The monoisotopic (exact) mass is 166 g/mol. The van der Waals surface area contributed by atoms with E-state index in [1.54, 1.807) is 0 Å². The van der Waals surface area contributed by atoms with Crippen molar-refractivity contribution >= 4 is 6.29 Å². The second kappa shape index (κ2) is 3.02. The number of hydrogen-bond donors (Lipinski definition) is 1. The maximum atomic E-state index is 10.7. The molecule has 2 aliphatic carbocycles. The van der Waals surface area contributed by atoms with Crippen LogP contribution in [-0.4, -0.2) is 17.5 Å². The maximum absolute atomic E-state index is 10.7. The van der Waals surface area contributed by atoms with Gasteiger partial charge in [0.1, 0.15) is 6.29 Å². The first kappa shape index (κ1) is 7.99. The van der Waals surface area contributed by atoms with Crippen LogP contribution in [0.25, 0.3) is 0 Å². The molecule has 2 heteroatoms. The second-order valence-electron chi connectivity index (χ2n) is 3.83. The van der Waals surface area contributed by atoms with Gasteiger partial charge in [0.15, 0.2) is 0 Å². The Morgan fingerprint density at radius 2 is 2.33 bits per heavy atom. The van der Waals surface area contributed by atoms with Gasteiger partial charge in [0.25, 0.3) is 0 Å². The molecule has 3 atom stereocenters. The Kier molecular flexibility index (Phi) is 2.01. The highest BCUT2D eigenvalue weighted by Gasteiger charge is 2.36. The summed E-state index contributed by atoms with van der Waals surface area (Å²) in [7, 11) is 0. The normalized spacial score (nSPS) is 40.4. The van der Waals surface area contributed by atoms with E-state index in [1.807, 2.05) is 6.08 Å². The fourth-order valence-corrected chi connectivity index (χ4v) is 2.58. The number of aliphatic hydroxyl groups is 1. The molecule has 1 N–H and O–H groups in total. The van der Waals surface area contributed by atoms with Crippen LogP contribution in [-0.2, 0) is 4.79 Å². The Labute approximate surface area is 72.3 Å². The molecule has 0 aromatic rings. The Balaban J connectivity index is 2.23. The molecule has 0 spiro atoms. The van der Waals surface area contributed by atoms with Crippen molar-refractivity contribution in [2.24, 2.45) is 11.8 Å². The lowest BCUT2D eigenvalue weighted by atomic mass is 9.79. The molecule has 2 aliphatic rings. The molecule has 0 saturated heterocycles. The minimum Gasteiger partial charge on any atom is -0.392 e. The third kappa shape index (κ3) is 1.11. The fourth-order valence-electron chi connectivity index (χ4n) is 2.58. The minimum absolute atomic E-state index is 0.193. The van der Waals surface area contributed by atoms with Gasteiger partial charge in [-0.15, -0.1) is 0 Å². The van der Waals surface area contributed by atoms with Crippen LogP contribution in [0.15, 0.2) is 11.6 Å². The second-order valence-corrected chi connectivity index (χ2v) is 3.83. The zero-order chi connectivity index (χ0) is 8.55. The van der Waals surface area contributed by atoms with E-state index in [4.69, 9.17) is 0 Å². The van der Waals surface area contributed by atoms with E-state index in [2.05, 4.69) is 0 Å². The molecule has 1 fully saturated rings. The number of rotatable bonds is 1. The SMILES string of the molecule is O=CC1=CC[C@@H](O)[C@@H]2CCC[C@H]12. The standard InChI is InChI=1S/C10H14O2/c11-6-7-4-5-10(12)9-3-1-2-8(7)9/h4,6,8-10,12H,1-3,5H2/t8-,9-,10-/m1/s1. The zero-order valence-corrected chi connectivity index (χ0v) is 7.07. The number of carbonyl (C=O) groups is 1. The third-order valence-corrected chi connectivity index (χ3v) is 3.22. The largest absolute Gasteiger partial charge is 0.392 e. The van der Waals surface area contributed by atoms with Crippen molar-refractivity contribution in [3.63, 3.8) is 0 Å². The molecule has 12 heavy (non-hydrogen) atoms. The summed E-state index contributed by atoms with van der Waals surface area (Å²) in [4.78, 5) is 10.7. The highest BCUT2D eigenvalue weighted by molar-refractivity contribution is 5.74. The van der Waals surface area contributed by atoms with Crippen LogP contribution in [0.1, 0.15) is 25.7 Å². The molecule has 0 aromatic carbocycles. The van der Waals surface area contributed by atoms with E-state index >= 15 is 0 Å². The molecule has 0 unspecified atom stereocenters. The Bertz CT molecular complexity index is 220. The van der Waals surface area contributed by atoms with Gasteiger partial charge in [0, 0.05) is 0 Å². The van der Waals surface area contributed by atoms with Crippen LogP contribution in [0.3, 0.4) is 0 Å². The average molecular weight is 166 g/mol. The number of aliphatic hydroxyl groups excluding tert-OH is 1. The molecule has 0 heterocycles. The van der Waals surface area contributed by atoms with Gasteiger partial charge in [0.05, 0.1) is 6.10 Å². The van der Waals surface area contributed by atoms with Crippen molar-refractivity contribution in [3.05, 3.63) is 11.6 Å².